The van der Waals surface area contributed by atoms with Gasteiger partial charge in [-0.25, -0.2) is 4.98 Å². The van der Waals surface area contributed by atoms with Gasteiger partial charge in [0.05, 0.1) is 5.69 Å². The monoisotopic (exact) mass is 246 g/mol. The van der Waals surface area contributed by atoms with Crippen molar-refractivity contribution in [3.63, 3.8) is 0 Å². The number of aryl methyl sites for hydroxylation is 2. The van der Waals surface area contributed by atoms with Gasteiger partial charge in [0, 0.05) is 17.3 Å². The van der Waals surface area contributed by atoms with Crippen molar-refractivity contribution in [2.45, 2.75) is 52.9 Å². The summed E-state index contributed by atoms with van der Waals surface area (Å²) < 4.78 is 1.76. The molecule has 4 nitrogen and oxygen atoms in total. The second-order valence-corrected chi connectivity index (χ2v) is 4.93. The van der Waals surface area contributed by atoms with Crippen LogP contribution in [0.25, 0.3) is 5.65 Å². The first-order chi connectivity index (χ1) is 8.63. The highest BCUT2D eigenvalue weighted by atomic mass is 15.3. The van der Waals surface area contributed by atoms with Gasteiger partial charge in [-0.05, 0) is 26.7 Å². The minimum Gasteiger partial charge on any atom is -0.383 e. The maximum atomic E-state index is 6.21. The third kappa shape index (κ3) is 2.47. The Hall–Kier alpha value is -1.58. The number of fused-ring (bicyclic) bond motifs is 1. The van der Waals surface area contributed by atoms with Crippen molar-refractivity contribution in [3.05, 3.63) is 23.0 Å². The van der Waals surface area contributed by atoms with E-state index in [2.05, 4.69) is 17.0 Å². The zero-order chi connectivity index (χ0) is 13.1. The Kier molecular flexibility index (Phi) is 3.84. The Labute approximate surface area is 108 Å². The lowest BCUT2D eigenvalue weighted by atomic mass is 10.1. The number of nitrogens with two attached hydrogens (primary N) is 1. The molecule has 0 aliphatic carbocycles. The summed E-state index contributed by atoms with van der Waals surface area (Å²) in [6.07, 6.45) is 5.97. The van der Waals surface area contributed by atoms with Gasteiger partial charge in [-0.15, -0.1) is 0 Å². The Morgan fingerprint density at radius 3 is 2.72 bits per heavy atom. The number of nitrogens with zero attached hydrogens (tertiary/aromatic N) is 3. The van der Waals surface area contributed by atoms with E-state index in [4.69, 9.17) is 5.73 Å². The molecule has 0 unspecified atom stereocenters. The molecule has 0 spiro atoms. The molecular weight excluding hydrogens is 224 g/mol. The van der Waals surface area contributed by atoms with Gasteiger partial charge < -0.3 is 5.73 Å². The largest absolute Gasteiger partial charge is 0.383 e. The van der Waals surface area contributed by atoms with Crippen LogP contribution in [-0.2, 0) is 6.42 Å². The van der Waals surface area contributed by atoms with E-state index in [1.54, 1.807) is 4.52 Å². The van der Waals surface area contributed by atoms with Crippen LogP contribution in [0.2, 0.25) is 0 Å². The van der Waals surface area contributed by atoms with Crippen molar-refractivity contribution >= 4 is 11.5 Å². The summed E-state index contributed by atoms with van der Waals surface area (Å²) in [5.74, 6) is 0.752. The Morgan fingerprint density at radius 2 is 2.00 bits per heavy atom. The van der Waals surface area contributed by atoms with Crippen molar-refractivity contribution in [1.29, 1.82) is 0 Å². The van der Waals surface area contributed by atoms with Gasteiger partial charge in [0.25, 0.3) is 0 Å². The highest BCUT2D eigenvalue weighted by molar-refractivity contribution is 5.53. The predicted molar refractivity (Wildman–Crippen MR) is 74.7 cm³/mol. The number of rotatable bonds is 5. The van der Waals surface area contributed by atoms with Gasteiger partial charge in [0.2, 0.25) is 0 Å². The quantitative estimate of drug-likeness (QED) is 0.825. The van der Waals surface area contributed by atoms with E-state index in [0.29, 0.717) is 0 Å². The van der Waals surface area contributed by atoms with E-state index < -0.39 is 0 Å². The smallest absolute Gasteiger partial charge is 0.157 e. The SMILES string of the molecule is CCCCCCc1c(C)nc2cc(C)nn2c1N. The normalized spacial score (nSPS) is 11.3. The van der Waals surface area contributed by atoms with Gasteiger partial charge in [-0.1, -0.05) is 26.2 Å². The molecule has 2 heterocycles. The van der Waals surface area contributed by atoms with E-state index in [0.717, 1.165) is 34.8 Å². The van der Waals surface area contributed by atoms with Gasteiger partial charge in [0.1, 0.15) is 5.82 Å². The number of anilines is 1. The molecule has 0 aliphatic heterocycles. The van der Waals surface area contributed by atoms with Gasteiger partial charge in [0.15, 0.2) is 5.65 Å². The van der Waals surface area contributed by atoms with E-state index >= 15 is 0 Å². The fourth-order valence-corrected chi connectivity index (χ4v) is 2.33. The Bertz CT molecular complexity index is 542. The number of hydrogen-bond acceptors (Lipinski definition) is 3. The first-order valence-corrected chi connectivity index (χ1v) is 6.74. The lowest BCUT2D eigenvalue weighted by Gasteiger charge is -2.10. The van der Waals surface area contributed by atoms with Crippen LogP contribution in [0.15, 0.2) is 6.07 Å². The predicted octanol–water partition coefficient (Wildman–Crippen LogP) is 3.05. The Morgan fingerprint density at radius 1 is 1.22 bits per heavy atom. The summed E-state index contributed by atoms with van der Waals surface area (Å²) in [5.41, 5.74) is 10.2. The van der Waals surface area contributed by atoms with Crippen molar-refractivity contribution in [1.82, 2.24) is 14.6 Å². The zero-order valence-electron chi connectivity index (χ0n) is 11.5. The molecule has 98 valence electrons. The molecule has 0 aromatic carbocycles. The van der Waals surface area contributed by atoms with Crippen molar-refractivity contribution < 1.29 is 0 Å². The minimum atomic E-state index is 0.752. The van der Waals surface area contributed by atoms with Crippen LogP contribution in [-0.4, -0.2) is 14.6 Å². The summed E-state index contributed by atoms with van der Waals surface area (Å²) in [6, 6.07) is 1.96. The van der Waals surface area contributed by atoms with Crippen LogP contribution in [0.4, 0.5) is 5.82 Å². The highest BCUT2D eigenvalue weighted by Gasteiger charge is 2.11. The molecule has 18 heavy (non-hydrogen) atoms. The van der Waals surface area contributed by atoms with E-state index in [1.165, 1.54) is 25.7 Å². The molecular formula is C14H22N4. The lowest BCUT2D eigenvalue weighted by Crippen LogP contribution is -2.08. The molecule has 0 saturated heterocycles. The number of nitrogen functional groups attached to an aromatic ring is 1. The van der Waals surface area contributed by atoms with Gasteiger partial charge in [-0.2, -0.15) is 9.61 Å². The lowest BCUT2D eigenvalue weighted by molar-refractivity contribution is 0.663. The van der Waals surface area contributed by atoms with Gasteiger partial charge >= 0.3 is 0 Å². The van der Waals surface area contributed by atoms with Crippen LogP contribution in [0.3, 0.4) is 0 Å². The molecule has 0 bridgehead atoms. The maximum absolute atomic E-state index is 6.21. The van der Waals surface area contributed by atoms with Crippen LogP contribution in [0.5, 0.6) is 0 Å². The van der Waals surface area contributed by atoms with Crippen LogP contribution < -0.4 is 5.73 Å². The summed E-state index contributed by atoms with van der Waals surface area (Å²) in [7, 11) is 0. The van der Waals surface area contributed by atoms with Crippen LogP contribution >= 0.6 is 0 Å². The second-order valence-electron chi connectivity index (χ2n) is 4.93. The van der Waals surface area contributed by atoms with Crippen molar-refractivity contribution in [2.24, 2.45) is 0 Å². The van der Waals surface area contributed by atoms with E-state index in [-0.39, 0.29) is 0 Å². The van der Waals surface area contributed by atoms with Gasteiger partial charge in [-0.3, -0.25) is 0 Å². The van der Waals surface area contributed by atoms with Crippen molar-refractivity contribution in [2.75, 3.05) is 5.73 Å². The molecule has 2 aromatic rings. The maximum Gasteiger partial charge on any atom is 0.157 e. The average molecular weight is 246 g/mol. The molecule has 0 atom stereocenters. The Balaban J connectivity index is 2.26. The number of hydrogen-bond donors (Lipinski definition) is 1. The molecule has 4 heteroatoms. The fraction of sp³-hybridized carbons (Fsp3) is 0.571. The molecule has 2 aromatic heterocycles. The van der Waals surface area contributed by atoms with Crippen molar-refractivity contribution in [3.8, 4) is 0 Å². The zero-order valence-corrected chi connectivity index (χ0v) is 11.5. The van der Waals surface area contributed by atoms with Crippen LogP contribution in [0.1, 0.15) is 49.6 Å². The third-order valence-electron chi connectivity index (χ3n) is 3.35. The summed E-state index contributed by atoms with van der Waals surface area (Å²) in [4.78, 5) is 4.58. The molecule has 0 radical (unpaired) electrons. The first kappa shape index (κ1) is 12.9. The molecule has 0 fully saturated rings. The van der Waals surface area contributed by atoms with E-state index in [1.807, 2.05) is 19.9 Å². The topological polar surface area (TPSA) is 56.2 Å². The summed E-state index contributed by atoms with van der Waals surface area (Å²) >= 11 is 0. The fourth-order valence-electron chi connectivity index (χ4n) is 2.33. The number of aromatic nitrogens is 3. The third-order valence-corrected chi connectivity index (χ3v) is 3.35. The molecule has 0 aliphatic rings. The first-order valence-electron chi connectivity index (χ1n) is 6.74. The molecule has 0 saturated carbocycles. The standard InChI is InChI=1S/C14H22N4/c1-4-5-6-7-8-12-11(3)16-13-9-10(2)17-18(13)14(12)15/h9H,4-8,15H2,1-3H3. The summed E-state index contributed by atoms with van der Waals surface area (Å²) in [5, 5.41) is 4.39. The molecule has 2 N–H and O–H groups in total. The average Bonchev–Trinajstić information content (AvgIpc) is 2.69. The van der Waals surface area contributed by atoms with Crippen LogP contribution in [0, 0.1) is 13.8 Å². The highest BCUT2D eigenvalue weighted by Crippen LogP contribution is 2.20. The number of unbranched alkanes of at least 4 members (excludes halogenated alkanes) is 3. The molecule has 0 amide bonds. The summed E-state index contributed by atoms with van der Waals surface area (Å²) in [6.45, 7) is 6.22. The minimum absolute atomic E-state index is 0.752. The second kappa shape index (κ2) is 5.38. The molecule has 2 rings (SSSR count). The van der Waals surface area contributed by atoms with E-state index in [9.17, 15) is 0 Å².